The van der Waals surface area contributed by atoms with Crippen molar-refractivity contribution in [1.29, 1.82) is 0 Å². The molecule has 1 aromatic heterocycles. The zero-order valence-electron chi connectivity index (χ0n) is 16.5. The van der Waals surface area contributed by atoms with E-state index in [1.807, 2.05) is 44.2 Å². The predicted octanol–water partition coefficient (Wildman–Crippen LogP) is 3.84. The Bertz CT molecular complexity index is 967. The summed E-state index contributed by atoms with van der Waals surface area (Å²) in [7, 11) is 0. The minimum absolute atomic E-state index is 0.0152. The molecule has 7 heteroatoms. The van der Waals surface area contributed by atoms with Crippen LogP contribution in [-0.2, 0) is 11.2 Å². The molecule has 2 amide bonds. The fraction of sp³-hybridized carbons (Fsp3) is 0.273. The number of nitrogens with one attached hydrogen (secondary N) is 2. The number of amides is 2. The topological polar surface area (TPSA) is 97.1 Å². The molecule has 2 aromatic carbocycles. The Morgan fingerprint density at radius 1 is 1.00 bits per heavy atom. The van der Waals surface area contributed by atoms with Gasteiger partial charge in [-0.05, 0) is 44.5 Å². The second-order valence-corrected chi connectivity index (χ2v) is 6.94. The summed E-state index contributed by atoms with van der Waals surface area (Å²) < 4.78 is 5.65. The smallest absolute Gasteiger partial charge is 0.253 e. The zero-order chi connectivity index (χ0) is 20.6. The fourth-order valence-corrected chi connectivity index (χ4v) is 2.79. The molecule has 1 heterocycles. The van der Waals surface area contributed by atoms with Crippen molar-refractivity contribution in [2.45, 2.75) is 39.2 Å². The maximum absolute atomic E-state index is 12.3. The first-order valence-corrected chi connectivity index (χ1v) is 9.60. The van der Waals surface area contributed by atoms with E-state index in [-0.39, 0.29) is 24.3 Å². The maximum Gasteiger partial charge on any atom is 0.253 e. The molecule has 0 unspecified atom stereocenters. The fourth-order valence-electron chi connectivity index (χ4n) is 2.79. The van der Waals surface area contributed by atoms with Crippen LogP contribution in [0.3, 0.4) is 0 Å². The summed E-state index contributed by atoms with van der Waals surface area (Å²) in [6.45, 7) is 3.78. The van der Waals surface area contributed by atoms with E-state index in [1.54, 1.807) is 24.3 Å². The van der Waals surface area contributed by atoms with Gasteiger partial charge in [0.2, 0.25) is 17.7 Å². The van der Waals surface area contributed by atoms with Crippen LogP contribution in [0.5, 0.6) is 0 Å². The lowest BCUT2D eigenvalue weighted by Gasteiger charge is -2.13. The van der Waals surface area contributed by atoms with Crippen LogP contribution >= 0.6 is 0 Å². The molecule has 7 nitrogen and oxygen atoms in total. The van der Waals surface area contributed by atoms with Gasteiger partial charge in [0.05, 0.1) is 11.3 Å². The number of nitrogens with zero attached hydrogens (tertiary/aromatic N) is 2. The standard InChI is InChI=1S/C22H24N4O3/c1-15(2)23-21(28)17-11-6-7-12-18(17)24-19(27)13-8-14-20-25-26-22(29-20)16-9-4-3-5-10-16/h3-7,9-12,15H,8,13-14H2,1-2H3,(H,23,28)(H,24,27). The summed E-state index contributed by atoms with van der Waals surface area (Å²) >= 11 is 0. The summed E-state index contributed by atoms with van der Waals surface area (Å²) in [5.74, 6) is 0.580. The lowest BCUT2D eigenvalue weighted by Crippen LogP contribution is -2.31. The van der Waals surface area contributed by atoms with Crippen molar-refractivity contribution >= 4 is 17.5 Å². The van der Waals surface area contributed by atoms with Crippen molar-refractivity contribution in [3.05, 3.63) is 66.1 Å². The number of anilines is 1. The summed E-state index contributed by atoms with van der Waals surface area (Å²) in [6.07, 6.45) is 1.34. The molecule has 0 spiro atoms. The molecule has 3 aromatic rings. The lowest BCUT2D eigenvalue weighted by atomic mass is 10.1. The number of carbonyl (C=O) groups is 2. The Kier molecular flexibility index (Phi) is 6.73. The summed E-state index contributed by atoms with van der Waals surface area (Å²) in [4.78, 5) is 24.6. The van der Waals surface area contributed by atoms with E-state index in [0.717, 1.165) is 5.56 Å². The average molecular weight is 392 g/mol. The Balaban J connectivity index is 1.52. The highest BCUT2D eigenvalue weighted by Gasteiger charge is 2.14. The molecule has 2 N–H and O–H groups in total. The van der Waals surface area contributed by atoms with Gasteiger partial charge in [0, 0.05) is 24.4 Å². The van der Waals surface area contributed by atoms with Gasteiger partial charge in [0.15, 0.2) is 0 Å². The second kappa shape index (κ2) is 9.64. The van der Waals surface area contributed by atoms with Crippen LogP contribution in [-0.4, -0.2) is 28.1 Å². The first-order valence-electron chi connectivity index (χ1n) is 9.60. The highest BCUT2D eigenvalue weighted by Crippen LogP contribution is 2.18. The van der Waals surface area contributed by atoms with Crippen molar-refractivity contribution < 1.29 is 14.0 Å². The van der Waals surface area contributed by atoms with E-state index in [2.05, 4.69) is 20.8 Å². The number of benzene rings is 2. The molecule has 0 saturated heterocycles. The third-order valence-electron chi connectivity index (χ3n) is 4.15. The SMILES string of the molecule is CC(C)NC(=O)c1ccccc1NC(=O)CCCc1nnc(-c2ccccc2)o1. The van der Waals surface area contributed by atoms with E-state index in [4.69, 9.17) is 4.42 Å². The van der Waals surface area contributed by atoms with Gasteiger partial charge in [-0.3, -0.25) is 9.59 Å². The van der Waals surface area contributed by atoms with Crippen LogP contribution in [0.1, 0.15) is 42.9 Å². The van der Waals surface area contributed by atoms with E-state index in [1.165, 1.54) is 0 Å². The quantitative estimate of drug-likeness (QED) is 0.607. The minimum Gasteiger partial charge on any atom is -0.421 e. The van der Waals surface area contributed by atoms with E-state index < -0.39 is 0 Å². The number of carbonyl (C=O) groups excluding carboxylic acids is 2. The predicted molar refractivity (Wildman–Crippen MR) is 110 cm³/mol. The maximum atomic E-state index is 12.3. The molecular weight excluding hydrogens is 368 g/mol. The van der Waals surface area contributed by atoms with Gasteiger partial charge in [-0.25, -0.2) is 0 Å². The molecule has 0 bridgehead atoms. The molecule has 0 saturated carbocycles. The number of rotatable bonds is 8. The van der Waals surface area contributed by atoms with Gasteiger partial charge in [-0.2, -0.15) is 0 Å². The van der Waals surface area contributed by atoms with Gasteiger partial charge in [-0.15, -0.1) is 10.2 Å². The van der Waals surface area contributed by atoms with Crippen molar-refractivity contribution in [3.8, 4) is 11.5 Å². The zero-order valence-corrected chi connectivity index (χ0v) is 16.5. The van der Waals surface area contributed by atoms with E-state index in [9.17, 15) is 9.59 Å². The van der Waals surface area contributed by atoms with Crippen LogP contribution < -0.4 is 10.6 Å². The van der Waals surface area contributed by atoms with Crippen molar-refractivity contribution in [2.24, 2.45) is 0 Å². The van der Waals surface area contributed by atoms with Crippen LogP contribution in [0, 0.1) is 0 Å². The molecule has 0 aliphatic rings. The average Bonchev–Trinajstić information content (AvgIpc) is 3.17. The minimum atomic E-state index is -0.213. The van der Waals surface area contributed by atoms with Crippen LogP contribution in [0.2, 0.25) is 0 Å². The molecule has 0 radical (unpaired) electrons. The van der Waals surface area contributed by atoms with Gasteiger partial charge in [0.25, 0.3) is 5.91 Å². The second-order valence-electron chi connectivity index (χ2n) is 6.94. The summed E-state index contributed by atoms with van der Waals surface area (Å²) in [6, 6.07) is 16.5. The third-order valence-corrected chi connectivity index (χ3v) is 4.15. The molecular formula is C22H24N4O3. The van der Waals surface area contributed by atoms with Crippen molar-refractivity contribution in [3.63, 3.8) is 0 Å². The number of aryl methyl sites for hydroxylation is 1. The van der Waals surface area contributed by atoms with Crippen LogP contribution in [0.4, 0.5) is 5.69 Å². The largest absolute Gasteiger partial charge is 0.421 e. The summed E-state index contributed by atoms with van der Waals surface area (Å²) in [5, 5.41) is 13.7. The van der Waals surface area contributed by atoms with Crippen LogP contribution in [0.15, 0.2) is 59.0 Å². The van der Waals surface area contributed by atoms with Gasteiger partial charge in [0.1, 0.15) is 0 Å². The van der Waals surface area contributed by atoms with Crippen LogP contribution in [0.25, 0.3) is 11.5 Å². The molecule has 0 fully saturated rings. The first kappa shape index (κ1) is 20.3. The highest BCUT2D eigenvalue weighted by atomic mass is 16.4. The Morgan fingerprint density at radius 2 is 1.72 bits per heavy atom. The Hall–Kier alpha value is -3.48. The molecule has 0 atom stereocenters. The normalized spacial score (nSPS) is 10.7. The number of hydrogen-bond acceptors (Lipinski definition) is 5. The molecule has 150 valence electrons. The Morgan fingerprint density at radius 3 is 2.48 bits per heavy atom. The van der Waals surface area contributed by atoms with E-state index in [0.29, 0.717) is 35.9 Å². The van der Waals surface area contributed by atoms with Crippen molar-refractivity contribution in [1.82, 2.24) is 15.5 Å². The van der Waals surface area contributed by atoms with Gasteiger partial charge in [-0.1, -0.05) is 30.3 Å². The molecule has 0 aliphatic heterocycles. The van der Waals surface area contributed by atoms with Gasteiger partial charge < -0.3 is 15.1 Å². The first-order chi connectivity index (χ1) is 14.0. The summed E-state index contributed by atoms with van der Waals surface area (Å²) in [5.41, 5.74) is 1.80. The lowest BCUT2D eigenvalue weighted by molar-refractivity contribution is -0.116. The third kappa shape index (κ3) is 5.75. The molecule has 3 rings (SSSR count). The van der Waals surface area contributed by atoms with Crippen molar-refractivity contribution in [2.75, 3.05) is 5.32 Å². The molecule has 29 heavy (non-hydrogen) atoms. The number of para-hydroxylation sites is 1. The van der Waals surface area contributed by atoms with E-state index >= 15 is 0 Å². The molecule has 0 aliphatic carbocycles. The number of aromatic nitrogens is 2. The number of hydrogen-bond donors (Lipinski definition) is 2. The monoisotopic (exact) mass is 392 g/mol. The van der Waals surface area contributed by atoms with Gasteiger partial charge >= 0.3 is 0 Å². The highest BCUT2D eigenvalue weighted by molar-refractivity contribution is 6.03. The Labute approximate surface area is 169 Å².